The van der Waals surface area contributed by atoms with E-state index in [0.717, 1.165) is 54.0 Å². The van der Waals surface area contributed by atoms with Gasteiger partial charge in [0.25, 0.3) is 0 Å². The summed E-state index contributed by atoms with van der Waals surface area (Å²) in [5.74, 6) is 0.130. The van der Waals surface area contributed by atoms with E-state index in [2.05, 4.69) is 45.2 Å². The number of aryl methyl sites for hydroxylation is 1. The number of nitrogens with one attached hydrogen (secondary N) is 1. The van der Waals surface area contributed by atoms with Crippen LogP contribution in [0.1, 0.15) is 30.4 Å². The van der Waals surface area contributed by atoms with Crippen LogP contribution in [0.5, 0.6) is 0 Å². The molecule has 0 aliphatic carbocycles. The second-order valence-corrected chi connectivity index (χ2v) is 11.3. The van der Waals surface area contributed by atoms with Crippen LogP contribution >= 0.6 is 0 Å². The van der Waals surface area contributed by atoms with Gasteiger partial charge in [0.1, 0.15) is 15.5 Å². The van der Waals surface area contributed by atoms with Crippen LogP contribution in [0.2, 0.25) is 0 Å². The first kappa shape index (κ1) is 21.2. The van der Waals surface area contributed by atoms with E-state index in [1.807, 2.05) is 7.05 Å². The van der Waals surface area contributed by atoms with Gasteiger partial charge in [0, 0.05) is 37.3 Å². The zero-order valence-electron chi connectivity index (χ0n) is 18.5. The molecule has 4 heterocycles. The van der Waals surface area contributed by atoms with Crippen LogP contribution in [0.3, 0.4) is 0 Å². The van der Waals surface area contributed by atoms with Crippen molar-refractivity contribution in [1.29, 1.82) is 0 Å². The van der Waals surface area contributed by atoms with Crippen molar-refractivity contribution in [3.63, 3.8) is 0 Å². The highest BCUT2D eigenvalue weighted by Gasteiger charge is 2.27. The number of amides is 1. The van der Waals surface area contributed by atoms with Crippen molar-refractivity contribution in [2.75, 3.05) is 31.3 Å². The molecule has 0 atom stereocenters. The fourth-order valence-corrected chi connectivity index (χ4v) is 5.97. The van der Waals surface area contributed by atoms with Crippen molar-refractivity contribution < 1.29 is 13.2 Å². The summed E-state index contributed by atoms with van der Waals surface area (Å²) in [4.78, 5) is 24.0. The lowest BCUT2D eigenvalue weighted by Crippen LogP contribution is -2.38. The number of anilines is 1. The van der Waals surface area contributed by atoms with Gasteiger partial charge in [0.2, 0.25) is 5.91 Å². The van der Waals surface area contributed by atoms with Crippen molar-refractivity contribution in [2.45, 2.75) is 37.5 Å². The molecule has 1 fully saturated rings. The van der Waals surface area contributed by atoms with Gasteiger partial charge in [-0.25, -0.2) is 13.4 Å². The van der Waals surface area contributed by atoms with Gasteiger partial charge in [0.05, 0.1) is 17.1 Å². The summed E-state index contributed by atoms with van der Waals surface area (Å²) in [6.07, 6.45) is 5.82. The summed E-state index contributed by atoms with van der Waals surface area (Å²) in [7, 11) is -1.13. The predicted octanol–water partition coefficient (Wildman–Crippen LogP) is 3.15. The maximum absolute atomic E-state index is 12.0. The van der Waals surface area contributed by atoms with E-state index >= 15 is 0 Å². The largest absolute Gasteiger partial charge is 0.339 e. The van der Waals surface area contributed by atoms with Crippen LogP contribution in [-0.2, 0) is 27.6 Å². The Kier molecular flexibility index (Phi) is 5.29. The van der Waals surface area contributed by atoms with Gasteiger partial charge in [0.15, 0.2) is 0 Å². The number of benzene rings is 1. The SMILES string of the molecule is CN1C(=O)CCc2c1cnc1[nH]c(-c3ccc(CN4CCC(S(C)(=O)=O)CC4)cc3)cc21. The molecule has 1 aromatic carbocycles. The van der Waals surface area contributed by atoms with E-state index in [4.69, 9.17) is 0 Å². The first-order chi connectivity index (χ1) is 15.3. The normalized spacial score (nSPS) is 18.3. The quantitative estimate of drug-likeness (QED) is 0.657. The minimum absolute atomic E-state index is 0.130. The highest BCUT2D eigenvalue weighted by atomic mass is 32.2. The number of carbonyl (C=O) groups excluding carboxylic acids is 1. The molecule has 5 rings (SSSR count). The van der Waals surface area contributed by atoms with Crippen LogP contribution in [-0.4, -0.2) is 60.8 Å². The van der Waals surface area contributed by atoms with Crippen molar-refractivity contribution in [3.05, 3.63) is 47.7 Å². The molecule has 0 bridgehead atoms. The van der Waals surface area contributed by atoms with Crippen LogP contribution < -0.4 is 4.90 Å². The number of fused-ring (bicyclic) bond motifs is 3. The molecule has 0 spiro atoms. The van der Waals surface area contributed by atoms with Gasteiger partial charge in [-0.3, -0.25) is 9.69 Å². The average molecular weight is 453 g/mol. The molecule has 32 heavy (non-hydrogen) atoms. The number of aromatic amines is 1. The van der Waals surface area contributed by atoms with Crippen LogP contribution in [0.25, 0.3) is 22.3 Å². The molecule has 168 valence electrons. The smallest absolute Gasteiger partial charge is 0.227 e. The second kappa shape index (κ2) is 8.01. The predicted molar refractivity (Wildman–Crippen MR) is 126 cm³/mol. The van der Waals surface area contributed by atoms with E-state index in [9.17, 15) is 13.2 Å². The number of piperidine rings is 1. The number of likely N-dealkylation sites (tertiary alicyclic amines) is 1. The van der Waals surface area contributed by atoms with Crippen LogP contribution in [0, 0.1) is 0 Å². The first-order valence-corrected chi connectivity index (χ1v) is 13.0. The summed E-state index contributed by atoms with van der Waals surface area (Å²) in [6, 6.07) is 10.6. The third kappa shape index (κ3) is 3.93. The lowest BCUT2D eigenvalue weighted by Gasteiger charge is -2.31. The van der Waals surface area contributed by atoms with Crippen molar-refractivity contribution in [3.8, 4) is 11.3 Å². The molecule has 0 unspecified atom stereocenters. The standard InChI is InChI=1S/C24H28N4O3S/c1-27-22-14-25-24-20(19(22)7-8-23(27)29)13-21(26-24)17-5-3-16(4-6-17)15-28-11-9-18(10-12-28)32(2,30)31/h3-6,13-14,18H,7-12,15H2,1-2H3,(H,25,26). The number of sulfone groups is 1. The number of aromatic nitrogens is 2. The molecule has 7 nitrogen and oxygen atoms in total. The zero-order valence-corrected chi connectivity index (χ0v) is 19.3. The fourth-order valence-electron chi connectivity index (χ4n) is 4.90. The summed E-state index contributed by atoms with van der Waals surface area (Å²) in [5.41, 5.74) is 6.25. The third-order valence-corrected chi connectivity index (χ3v) is 8.57. The van der Waals surface area contributed by atoms with Gasteiger partial charge in [-0.05, 0) is 55.1 Å². The Morgan fingerprint density at radius 2 is 1.84 bits per heavy atom. The molecule has 1 amide bonds. The Morgan fingerprint density at radius 1 is 1.12 bits per heavy atom. The number of hydrogen-bond donors (Lipinski definition) is 1. The van der Waals surface area contributed by atoms with Crippen LogP contribution in [0.15, 0.2) is 36.5 Å². The topological polar surface area (TPSA) is 86.4 Å². The number of hydrogen-bond acceptors (Lipinski definition) is 5. The number of carbonyl (C=O) groups is 1. The third-order valence-electron chi connectivity index (χ3n) is 6.88. The molecule has 2 aromatic heterocycles. The maximum atomic E-state index is 12.0. The molecule has 2 aliphatic heterocycles. The lowest BCUT2D eigenvalue weighted by atomic mass is 10.00. The minimum Gasteiger partial charge on any atom is -0.339 e. The monoisotopic (exact) mass is 452 g/mol. The van der Waals surface area contributed by atoms with Crippen molar-refractivity contribution in [2.24, 2.45) is 0 Å². The summed E-state index contributed by atoms with van der Waals surface area (Å²) >= 11 is 0. The molecule has 3 aromatic rings. The summed E-state index contributed by atoms with van der Waals surface area (Å²) in [5, 5.41) is 0.884. The Bertz CT molecular complexity index is 1270. The average Bonchev–Trinajstić information content (AvgIpc) is 3.21. The molecular formula is C24H28N4O3S. The number of rotatable bonds is 4. The Hall–Kier alpha value is -2.71. The van der Waals surface area contributed by atoms with Crippen molar-refractivity contribution in [1.82, 2.24) is 14.9 Å². The van der Waals surface area contributed by atoms with E-state index in [1.165, 1.54) is 17.4 Å². The number of H-pyrrole nitrogens is 1. The highest BCUT2D eigenvalue weighted by Crippen LogP contribution is 2.34. The van der Waals surface area contributed by atoms with Crippen molar-refractivity contribution >= 4 is 32.5 Å². The van der Waals surface area contributed by atoms with E-state index in [1.54, 1.807) is 11.1 Å². The van der Waals surface area contributed by atoms with E-state index < -0.39 is 9.84 Å². The first-order valence-electron chi connectivity index (χ1n) is 11.1. The van der Waals surface area contributed by atoms with E-state index in [-0.39, 0.29) is 11.2 Å². The van der Waals surface area contributed by atoms with Gasteiger partial charge >= 0.3 is 0 Å². The molecular weight excluding hydrogens is 424 g/mol. The van der Waals surface area contributed by atoms with Gasteiger partial charge in [-0.1, -0.05) is 24.3 Å². The van der Waals surface area contributed by atoms with E-state index in [0.29, 0.717) is 19.3 Å². The Labute approximate surface area is 188 Å². The van der Waals surface area contributed by atoms with Gasteiger partial charge < -0.3 is 9.88 Å². The van der Waals surface area contributed by atoms with Gasteiger partial charge in [-0.15, -0.1) is 0 Å². The molecule has 0 radical (unpaired) electrons. The molecule has 2 aliphatic rings. The molecule has 8 heteroatoms. The van der Waals surface area contributed by atoms with Crippen LogP contribution in [0.4, 0.5) is 5.69 Å². The molecule has 1 N–H and O–H groups in total. The highest BCUT2D eigenvalue weighted by molar-refractivity contribution is 7.91. The molecule has 1 saturated heterocycles. The zero-order chi connectivity index (χ0) is 22.5. The Morgan fingerprint density at radius 3 is 2.53 bits per heavy atom. The summed E-state index contributed by atoms with van der Waals surface area (Å²) in [6.45, 7) is 2.46. The Balaban J connectivity index is 1.32. The maximum Gasteiger partial charge on any atom is 0.227 e. The second-order valence-electron chi connectivity index (χ2n) is 9.02. The van der Waals surface area contributed by atoms with Gasteiger partial charge in [-0.2, -0.15) is 0 Å². The minimum atomic E-state index is -2.94. The lowest BCUT2D eigenvalue weighted by molar-refractivity contribution is -0.118. The summed E-state index contributed by atoms with van der Waals surface area (Å²) < 4.78 is 23.5. The fraction of sp³-hybridized carbons (Fsp3) is 0.417. The molecule has 0 saturated carbocycles. The number of nitrogens with zero attached hydrogens (tertiary/aromatic N) is 3. The number of pyridine rings is 1.